The normalized spacial score (nSPS) is 11.7. The maximum absolute atomic E-state index is 5.66. The zero-order valence-electron chi connectivity index (χ0n) is 11.8. The van der Waals surface area contributed by atoms with E-state index >= 15 is 0 Å². The predicted octanol–water partition coefficient (Wildman–Crippen LogP) is 2.84. The second-order valence-electron chi connectivity index (χ2n) is 4.51. The second kappa shape index (κ2) is 8.64. The zero-order chi connectivity index (χ0) is 13.4. The summed E-state index contributed by atoms with van der Waals surface area (Å²) in [5, 5.41) is 0. The van der Waals surface area contributed by atoms with E-state index in [0.29, 0.717) is 12.6 Å². The number of nitrogens with zero attached hydrogens (tertiary/aromatic N) is 1. The molecule has 0 fully saturated rings. The molecular weight excluding hydrogens is 244 g/mol. The molecule has 104 valence electrons. The Morgan fingerprint density at radius 1 is 1.28 bits per heavy atom. The highest BCUT2D eigenvalue weighted by Crippen LogP contribution is 2.20. The van der Waals surface area contributed by atoms with E-state index in [4.69, 9.17) is 10.5 Å². The summed E-state index contributed by atoms with van der Waals surface area (Å²) in [6.07, 6.45) is 2.38. The van der Waals surface area contributed by atoms with Crippen molar-refractivity contribution in [1.82, 2.24) is 4.90 Å². The molecule has 1 rings (SSSR count). The zero-order valence-corrected chi connectivity index (χ0v) is 12.6. The van der Waals surface area contributed by atoms with Gasteiger partial charge in [0.2, 0.25) is 0 Å². The summed E-state index contributed by atoms with van der Waals surface area (Å²) < 4.78 is 5.22. The SMILES string of the molecule is CCC(CC)N(CCOC)Cc1ccc(CN)s1. The topological polar surface area (TPSA) is 38.5 Å². The van der Waals surface area contributed by atoms with Crippen molar-refractivity contribution >= 4 is 11.3 Å². The molecule has 0 radical (unpaired) electrons. The molecule has 0 aromatic carbocycles. The fourth-order valence-electron chi connectivity index (χ4n) is 2.22. The number of nitrogens with two attached hydrogens (primary N) is 1. The lowest BCUT2D eigenvalue weighted by Crippen LogP contribution is -2.36. The molecule has 0 aliphatic carbocycles. The van der Waals surface area contributed by atoms with Crippen LogP contribution in [0, 0.1) is 0 Å². The van der Waals surface area contributed by atoms with Gasteiger partial charge in [-0.25, -0.2) is 0 Å². The van der Waals surface area contributed by atoms with E-state index in [1.807, 2.05) is 11.3 Å². The van der Waals surface area contributed by atoms with Gasteiger partial charge in [-0.15, -0.1) is 11.3 Å². The van der Waals surface area contributed by atoms with Crippen LogP contribution in [0.3, 0.4) is 0 Å². The molecule has 1 aromatic rings. The van der Waals surface area contributed by atoms with Gasteiger partial charge >= 0.3 is 0 Å². The second-order valence-corrected chi connectivity index (χ2v) is 5.76. The van der Waals surface area contributed by atoms with Gasteiger partial charge in [-0.2, -0.15) is 0 Å². The Kier molecular flexibility index (Phi) is 7.51. The number of hydrogen-bond acceptors (Lipinski definition) is 4. The summed E-state index contributed by atoms with van der Waals surface area (Å²) in [5.74, 6) is 0. The third kappa shape index (κ3) is 4.69. The van der Waals surface area contributed by atoms with Crippen molar-refractivity contribution in [3.05, 3.63) is 21.9 Å². The molecule has 18 heavy (non-hydrogen) atoms. The predicted molar refractivity (Wildman–Crippen MR) is 78.9 cm³/mol. The van der Waals surface area contributed by atoms with E-state index in [1.54, 1.807) is 7.11 Å². The first kappa shape index (κ1) is 15.6. The number of ether oxygens (including phenoxy) is 1. The highest BCUT2D eigenvalue weighted by atomic mass is 32.1. The van der Waals surface area contributed by atoms with Gasteiger partial charge in [0.1, 0.15) is 0 Å². The number of rotatable bonds is 9. The Bertz CT molecular complexity index is 323. The molecule has 0 saturated heterocycles. The van der Waals surface area contributed by atoms with Crippen LogP contribution in [0.1, 0.15) is 36.4 Å². The average Bonchev–Trinajstić information content (AvgIpc) is 2.84. The Labute approximate surface area is 115 Å². The van der Waals surface area contributed by atoms with Crippen LogP contribution in [0.4, 0.5) is 0 Å². The van der Waals surface area contributed by atoms with Gasteiger partial charge < -0.3 is 10.5 Å². The maximum atomic E-state index is 5.66. The van der Waals surface area contributed by atoms with Gasteiger partial charge in [-0.1, -0.05) is 13.8 Å². The van der Waals surface area contributed by atoms with Crippen LogP contribution in [-0.2, 0) is 17.8 Å². The monoisotopic (exact) mass is 270 g/mol. The standard InChI is InChI=1S/C14H26N2OS/c1-4-12(5-2)16(8-9-17-3)11-14-7-6-13(10-15)18-14/h6-7,12H,4-5,8-11,15H2,1-3H3. The van der Waals surface area contributed by atoms with Gasteiger partial charge in [0.15, 0.2) is 0 Å². The highest BCUT2D eigenvalue weighted by molar-refractivity contribution is 7.11. The number of hydrogen-bond donors (Lipinski definition) is 1. The molecule has 0 unspecified atom stereocenters. The average molecular weight is 270 g/mol. The molecule has 3 nitrogen and oxygen atoms in total. The van der Waals surface area contributed by atoms with Crippen molar-refractivity contribution in [2.24, 2.45) is 5.73 Å². The van der Waals surface area contributed by atoms with E-state index in [9.17, 15) is 0 Å². The van der Waals surface area contributed by atoms with Gasteiger partial charge in [0.05, 0.1) is 6.61 Å². The van der Waals surface area contributed by atoms with Crippen molar-refractivity contribution in [2.45, 2.75) is 45.8 Å². The summed E-state index contributed by atoms with van der Waals surface area (Å²) in [6.45, 7) is 7.97. The summed E-state index contributed by atoms with van der Waals surface area (Å²) in [4.78, 5) is 5.19. The molecule has 0 aliphatic heterocycles. The fourth-order valence-corrected chi connectivity index (χ4v) is 3.14. The van der Waals surface area contributed by atoms with E-state index in [2.05, 4.69) is 30.9 Å². The number of methoxy groups -OCH3 is 1. The highest BCUT2D eigenvalue weighted by Gasteiger charge is 2.15. The van der Waals surface area contributed by atoms with Crippen LogP contribution < -0.4 is 5.73 Å². The van der Waals surface area contributed by atoms with Gasteiger partial charge in [0, 0.05) is 42.5 Å². The van der Waals surface area contributed by atoms with Crippen LogP contribution >= 0.6 is 11.3 Å². The molecule has 0 aliphatic rings. The largest absolute Gasteiger partial charge is 0.383 e. The minimum absolute atomic E-state index is 0.642. The Morgan fingerprint density at radius 3 is 2.44 bits per heavy atom. The van der Waals surface area contributed by atoms with Gasteiger partial charge in [-0.3, -0.25) is 4.90 Å². The van der Waals surface area contributed by atoms with Gasteiger partial charge in [-0.05, 0) is 25.0 Å². The third-order valence-electron chi connectivity index (χ3n) is 3.32. The van der Waals surface area contributed by atoms with Crippen LogP contribution in [0.15, 0.2) is 12.1 Å². The molecular formula is C14H26N2OS. The first-order valence-electron chi connectivity index (χ1n) is 6.75. The smallest absolute Gasteiger partial charge is 0.0589 e. The van der Waals surface area contributed by atoms with Crippen molar-refractivity contribution < 1.29 is 4.74 Å². The quantitative estimate of drug-likeness (QED) is 0.750. The molecule has 0 saturated carbocycles. The Balaban J connectivity index is 2.64. The Morgan fingerprint density at radius 2 is 1.94 bits per heavy atom. The fraction of sp³-hybridized carbons (Fsp3) is 0.714. The summed E-state index contributed by atoms with van der Waals surface area (Å²) in [5.41, 5.74) is 5.66. The molecule has 0 bridgehead atoms. The summed E-state index contributed by atoms with van der Waals surface area (Å²) in [7, 11) is 1.77. The van der Waals surface area contributed by atoms with Crippen molar-refractivity contribution in [3.63, 3.8) is 0 Å². The summed E-state index contributed by atoms with van der Waals surface area (Å²) in [6, 6.07) is 4.99. The molecule has 1 heterocycles. The van der Waals surface area contributed by atoms with Crippen LogP contribution in [0.5, 0.6) is 0 Å². The van der Waals surface area contributed by atoms with E-state index in [-0.39, 0.29) is 0 Å². The first-order chi connectivity index (χ1) is 8.74. The van der Waals surface area contributed by atoms with Crippen LogP contribution in [0.2, 0.25) is 0 Å². The molecule has 0 atom stereocenters. The maximum Gasteiger partial charge on any atom is 0.0589 e. The lowest BCUT2D eigenvalue weighted by atomic mass is 10.1. The minimum Gasteiger partial charge on any atom is -0.383 e. The lowest BCUT2D eigenvalue weighted by molar-refractivity contribution is 0.111. The van der Waals surface area contributed by atoms with Crippen molar-refractivity contribution in [3.8, 4) is 0 Å². The summed E-state index contributed by atoms with van der Waals surface area (Å²) >= 11 is 1.83. The van der Waals surface area contributed by atoms with Crippen LogP contribution in [-0.4, -0.2) is 31.2 Å². The minimum atomic E-state index is 0.642. The molecule has 0 amide bonds. The Hall–Kier alpha value is -0.420. The third-order valence-corrected chi connectivity index (χ3v) is 4.41. The van der Waals surface area contributed by atoms with Crippen molar-refractivity contribution in [1.29, 1.82) is 0 Å². The van der Waals surface area contributed by atoms with Gasteiger partial charge in [0.25, 0.3) is 0 Å². The van der Waals surface area contributed by atoms with Crippen LogP contribution in [0.25, 0.3) is 0 Å². The molecule has 1 aromatic heterocycles. The van der Waals surface area contributed by atoms with Crippen molar-refractivity contribution in [2.75, 3.05) is 20.3 Å². The molecule has 0 spiro atoms. The van der Waals surface area contributed by atoms with E-state index in [0.717, 1.165) is 19.7 Å². The first-order valence-corrected chi connectivity index (χ1v) is 7.57. The van der Waals surface area contributed by atoms with E-state index in [1.165, 1.54) is 22.6 Å². The lowest BCUT2D eigenvalue weighted by Gasteiger charge is -2.29. The molecule has 4 heteroatoms. The number of thiophene rings is 1. The van der Waals surface area contributed by atoms with E-state index < -0.39 is 0 Å². The molecule has 2 N–H and O–H groups in total.